The summed E-state index contributed by atoms with van der Waals surface area (Å²) >= 11 is 0. The Morgan fingerprint density at radius 2 is 1.47 bits per heavy atom. The van der Waals surface area contributed by atoms with Crippen LogP contribution in [0.25, 0.3) is 16.6 Å². The van der Waals surface area contributed by atoms with Crippen LogP contribution in [0, 0.1) is 0 Å². The molecule has 1 fully saturated rings. The molecule has 5 aromatic rings. The number of aromatic nitrogens is 4. The number of nitrogens with zero attached hydrogens (tertiary/aromatic N) is 5. The lowest BCUT2D eigenvalue weighted by Crippen LogP contribution is -2.54. The highest BCUT2D eigenvalue weighted by Crippen LogP contribution is 2.30. The Kier molecular flexibility index (Phi) is 7.71. The minimum atomic E-state index is -1.23. The molecule has 3 aromatic carbocycles. The SMILES string of the molecule is C[C@H](NC(=O)c1[nH]c2ccccc2c1-n1cc(C(=O)O)nn1)C(=O)N1CCN(C(c2ccccc2)c2ccccc2)CC1. The summed E-state index contributed by atoms with van der Waals surface area (Å²) in [6.45, 7) is 4.10. The number of benzene rings is 3. The van der Waals surface area contributed by atoms with Gasteiger partial charge in [-0.15, -0.1) is 5.10 Å². The molecule has 0 spiro atoms. The van der Waals surface area contributed by atoms with E-state index in [2.05, 4.69) is 49.8 Å². The van der Waals surface area contributed by atoms with Crippen LogP contribution in [0.4, 0.5) is 0 Å². The molecule has 3 heterocycles. The van der Waals surface area contributed by atoms with Crippen molar-refractivity contribution in [2.75, 3.05) is 26.2 Å². The van der Waals surface area contributed by atoms with Crippen molar-refractivity contribution >= 4 is 28.7 Å². The van der Waals surface area contributed by atoms with E-state index in [9.17, 15) is 19.5 Å². The number of carboxylic acid groups (broad SMARTS) is 1. The average molecular weight is 578 g/mol. The van der Waals surface area contributed by atoms with Gasteiger partial charge < -0.3 is 20.3 Å². The molecule has 11 nitrogen and oxygen atoms in total. The predicted octanol–water partition coefficient (Wildman–Crippen LogP) is 3.50. The van der Waals surface area contributed by atoms with E-state index < -0.39 is 17.9 Å². The molecule has 6 rings (SSSR count). The van der Waals surface area contributed by atoms with Crippen molar-refractivity contribution in [3.63, 3.8) is 0 Å². The van der Waals surface area contributed by atoms with Crippen molar-refractivity contribution in [2.45, 2.75) is 19.0 Å². The molecule has 43 heavy (non-hydrogen) atoms. The zero-order valence-electron chi connectivity index (χ0n) is 23.6. The molecule has 0 radical (unpaired) electrons. The Balaban J connectivity index is 1.16. The fourth-order valence-electron chi connectivity index (χ4n) is 5.69. The van der Waals surface area contributed by atoms with E-state index >= 15 is 0 Å². The molecule has 1 aliphatic heterocycles. The Hall–Kier alpha value is -5.29. The van der Waals surface area contributed by atoms with Crippen molar-refractivity contribution in [2.24, 2.45) is 0 Å². The normalized spacial score (nSPS) is 14.6. The number of carbonyl (C=O) groups excluding carboxylic acids is 2. The quantitative estimate of drug-likeness (QED) is 0.257. The van der Waals surface area contributed by atoms with E-state index in [1.165, 1.54) is 22.0 Å². The zero-order valence-corrected chi connectivity index (χ0v) is 23.6. The summed E-state index contributed by atoms with van der Waals surface area (Å²) in [7, 11) is 0. The number of piperazine rings is 1. The lowest BCUT2D eigenvalue weighted by atomic mass is 9.96. The molecular formula is C32H31N7O4. The molecule has 0 bridgehead atoms. The van der Waals surface area contributed by atoms with E-state index in [4.69, 9.17) is 0 Å². The topological polar surface area (TPSA) is 136 Å². The van der Waals surface area contributed by atoms with Crippen molar-refractivity contribution in [1.29, 1.82) is 0 Å². The minimum Gasteiger partial charge on any atom is -0.476 e. The van der Waals surface area contributed by atoms with Crippen molar-refractivity contribution < 1.29 is 19.5 Å². The number of carboxylic acids is 1. The summed E-state index contributed by atoms with van der Waals surface area (Å²) in [6, 6.07) is 27.2. The van der Waals surface area contributed by atoms with Gasteiger partial charge in [-0.2, -0.15) is 0 Å². The maximum absolute atomic E-state index is 13.5. The predicted molar refractivity (Wildman–Crippen MR) is 160 cm³/mol. The largest absolute Gasteiger partial charge is 0.476 e. The highest BCUT2D eigenvalue weighted by atomic mass is 16.4. The summed E-state index contributed by atoms with van der Waals surface area (Å²) in [5.74, 6) is -1.91. The number of H-pyrrole nitrogens is 1. The van der Waals surface area contributed by atoms with Crippen LogP contribution in [-0.4, -0.2) is 84.9 Å². The molecule has 0 aliphatic carbocycles. The summed E-state index contributed by atoms with van der Waals surface area (Å²) in [5.41, 5.74) is 3.32. The van der Waals surface area contributed by atoms with Gasteiger partial charge in [0.25, 0.3) is 5.91 Å². The fourth-order valence-corrected chi connectivity index (χ4v) is 5.69. The summed E-state index contributed by atoms with van der Waals surface area (Å²) in [5, 5.41) is 20.4. The number of aromatic carboxylic acids is 1. The van der Waals surface area contributed by atoms with Gasteiger partial charge in [-0.25, -0.2) is 9.48 Å². The third kappa shape index (κ3) is 5.62. The maximum Gasteiger partial charge on any atom is 0.358 e. The van der Waals surface area contributed by atoms with E-state index in [0.29, 0.717) is 42.8 Å². The molecule has 3 N–H and O–H groups in total. The summed E-state index contributed by atoms with van der Waals surface area (Å²) in [4.78, 5) is 45.6. The van der Waals surface area contributed by atoms with Crippen LogP contribution >= 0.6 is 0 Å². The molecule has 1 aliphatic rings. The number of fused-ring (bicyclic) bond motifs is 1. The zero-order chi connectivity index (χ0) is 29.9. The molecule has 0 saturated carbocycles. The number of hydrogen-bond donors (Lipinski definition) is 3. The molecule has 2 amide bonds. The molecule has 218 valence electrons. The minimum absolute atomic E-state index is 0.0793. The van der Waals surface area contributed by atoms with Gasteiger partial charge in [0.1, 0.15) is 17.4 Å². The smallest absolute Gasteiger partial charge is 0.358 e. The third-order valence-corrected chi connectivity index (χ3v) is 7.79. The second kappa shape index (κ2) is 11.9. The molecule has 11 heteroatoms. The fraction of sp³-hybridized carbons (Fsp3) is 0.219. The number of hydrogen-bond acceptors (Lipinski definition) is 6. The van der Waals surface area contributed by atoms with Crippen molar-refractivity contribution in [3.05, 3.63) is 114 Å². The Morgan fingerprint density at radius 1 is 0.860 bits per heavy atom. The van der Waals surface area contributed by atoms with Gasteiger partial charge in [-0.05, 0) is 24.1 Å². The summed E-state index contributed by atoms with van der Waals surface area (Å²) < 4.78 is 1.26. The molecule has 2 aromatic heterocycles. The number of para-hydroxylation sites is 1. The Bertz CT molecular complexity index is 1720. The maximum atomic E-state index is 13.5. The van der Waals surface area contributed by atoms with Gasteiger partial charge in [0.15, 0.2) is 5.69 Å². The van der Waals surface area contributed by atoms with E-state index in [1.807, 2.05) is 48.5 Å². The molecule has 0 unspecified atom stereocenters. The molecule has 1 atom stereocenters. The first-order valence-corrected chi connectivity index (χ1v) is 14.1. The first-order valence-electron chi connectivity index (χ1n) is 14.1. The van der Waals surface area contributed by atoms with Crippen LogP contribution in [0.1, 0.15) is 45.1 Å². The first kappa shape index (κ1) is 27.9. The van der Waals surface area contributed by atoms with Crippen LogP contribution in [0.3, 0.4) is 0 Å². The third-order valence-electron chi connectivity index (χ3n) is 7.79. The Labute approximate surface area is 247 Å². The lowest BCUT2D eigenvalue weighted by molar-refractivity contribution is -0.134. The molecule has 1 saturated heterocycles. The van der Waals surface area contributed by atoms with E-state index in [0.717, 1.165) is 0 Å². The monoisotopic (exact) mass is 577 g/mol. The van der Waals surface area contributed by atoms with Crippen LogP contribution in [0.2, 0.25) is 0 Å². The number of nitrogens with one attached hydrogen (secondary N) is 2. The second-order valence-electron chi connectivity index (χ2n) is 10.5. The number of carbonyl (C=O) groups is 3. The summed E-state index contributed by atoms with van der Waals surface area (Å²) in [6.07, 6.45) is 1.25. The van der Waals surface area contributed by atoms with Crippen molar-refractivity contribution in [1.82, 2.24) is 35.1 Å². The second-order valence-corrected chi connectivity index (χ2v) is 10.5. The number of aromatic amines is 1. The van der Waals surface area contributed by atoms with Crippen LogP contribution in [-0.2, 0) is 4.79 Å². The van der Waals surface area contributed by atoms with Gasteiger partial charge in [0.2, 0.25) is 5.91 Å². The highest BCUT2D eigenvalue weighted by Gasteiger charge is 2.31. The van der Waals surface area contributed by atoms with Gasteiger partial charge in [-0.1, -0.05) is 84.1 Å². The van der Waals surface area contributed by atoms with Gasteiger partial charge in [-0.3, -0.25) is 14.5 Å². The molecular weight excluding hydrogens is 546 g/mol. The van der Waals surface area contributed by atoms with Crippen LogP contribution in [0.15, 0.2) is 91.1 Å². The number of amides is 2. The average Bonchev–Trinajstić information content (AvgIpc) is 3.68. The highest BCUT2D eigenvalue weighted by molar-refractivity contribution is 6.06. The van der Waals surface area contributed by atoms with Crippen LogP contribution in [0.5, 0.6) is 0 Å². The first-order chi connectivity index (χ1) is 20.9. The van der Waals surface area contributed by atoms with E-state index in [1.54, 1.807) is 24.0 Å². The van der Waals surface area contributed by atoms with E-state index in [-0.39, 0.29) is 23.3 Å². The van der Waals surface area contributed by atoms with Crippen LogP contribution < -0.4 is 5.32 Å². The van der Waals surface area contributed by atoms with Gasteiger partial charge in [0, 0.05) is 37.1 Å². The lowest BCUT2D eigenvalue weighted by Gasteiger charge is -2.40. The van der Waals surface area contributed by atoms with Gasteiger partial charge in [0.05, 0.1) is 12.2 Å². The standard InChI is InChI=1S/C32H31N7O4/c1-21(33-30(40)27-29(24-14-8-9-15-25(24)34-27)39-20-26(32(42)43)35-36-39)31(41)38-18-16-37(17-19-38)28(22-10-4-2-5-11-22)23-12-6-3-7-13-23/h2-15,20-21,28,34H,16-19H2,1H3,(H,33,40)(H,42,43)/t21-/m0/s1. The van der Waals surface area contributed by atoms with Crippen molar-refractivity contribution in [3.8, 4) is 5.69 Å². The van der Waals surface area contributed by atoms with Gasteiger partial charge >= 0.3 is 5.97 Å². The Morgan fingerprint density at radius 3 is 2.07 bits per heavy atom. The number of rotatable bonds is 8.